The van der Waals surface area contributed by atoms with Gasteiger partial charge in [-0.15, -0.1) is 0 Å². The fourth-order valence-corrected chi connectivity index (χ4v) is 2.39. The topological polar surface area (TPSA) is 68.2 Å². The molecule has 2 aromatic carbocycles. The molecule has 28 heavy (non-hydrogen) atoms. The number of nitrogens with one attached hydrogen (secondary N) is 2. The zero-order valence-corrected chi connectivity index (χ0v) is 14.4. The van der Waals surface area contributed by atoms with Gasteiger partial charge in [0.1, 0.15) is 5.82 Å². The van der Waals surface area contributed by atoms with Gasteiger partial charge in [0.2, 0.25) is 0 Å². The molecule has 0 bridgehead atoms. The van der Waals surface area contributed by atoms with E-state index in [4.69, 9.17) is 4.74 Å². The Morgan fingerprint density at radius 3 is 2.43 bits per heavy atom. The number of para-hydroxylation sites is 1. The van der Waals surface area contributed by atoms with E-state index < -0.39 is 23.7 Å². The third-order valence-electron chi connectivity index (χ3n) is 3.65. The molecule has 10 heteroatoms. The zero-order chi connectivity index (χ0) is 20.3. The van der Waals surface area contributed by atoms with Gasteiger partial charge in [-0.05, 0) is 24.3 Å². The molecule has 2 N–H and O–H groups in total. The summed E-state index contributed by atoms with van der Waals surface area (Å²) in [4.78, 5) is 12.2. The fourth-order valence-electron chi connectivity index (χ4n) is 2.39. The van der Waals surface area contributed by atoms with Crippen molar-refractivity contribution in [1.29, 1.82) is 0 Å². The molecule has 0 radical (unpaired) electrons. The second kappa shape index (κ2) is 7.59. The number of methoxy groups -OCH3 is 1. The maximum Gasteiger partial charge on any atom is 0.435 e. The Bertz CT molecular complexity index is 987. The highest BCUT2D eigenvalue weighted by Crippen LogP contribution is 2.31. The number of amides is 2. The third kappa shape index (κ3) is 4.22. The Kier molecular flexibility index (Phi) is 5.21. The second-order valence-electron chi connectivity index (χ2n) is 5.59. The van der Waals surface area contributed by atoms with Crippen LogP contribution in [-0.4, -0.2) is 22.9 Å². The van der Waals surface area contributed by atoms with E-state index in [0.717, 1.165) is 16.8 Å². The van der Waals surface area contributed by atoms with Crippen LogP contribution in [0.5, 0.6) is 5.75 Å². The van der Waals surface area contributed by atoms with E-state index >= 15 is 0 Å². The predicted octanol–water partition coefficient (Wildman–Crippen LogP) is 4.68. The van der Waals surface area contributed by atoms with Gasteiger partial charge in [0.15, 0.2) is 17.3 Å². The van der Waals surface area contributed by atoms with Crippen LogP contribution in [0, 0.1) is 5.82 Å². The van der Waals surface area contributed by atoms with Gasteiger partial charge in [-0.25, -0.2) is 13.9 Å². The van der Waals surface area contributed by atoms with Crippen molar-refractivity contribution in [2.45, 2.75) is 6.18 Å². The first-order chi connectivity index (χ1) is 13.3. The Morgan fingerprint density at radius 1 is 1.07 bits per heavy atom. The molecule has 0 saturated carbocycles. The molecular formula is C18H14F4N4O2. The van der Waals surface area contributed by atoms with Crippen LogP contribution in [0.4, 0.5) is 33.9 Å². The van der Waals surface area contributed by atoms with Crippen molar-refractivity contribution in [2.24, 2.45) is 0 Å². The number of alkyl halides is 3. The minimum atomic E-state index is -4.68. The van der Waals surface area contributed by atoms with Crippen LogP contribution in [0.3, 0.4) is 0 Å². The Morgan fingerprint density at radius 2 is 1.79 bits per heavy atom. The first kappa shape index (κ1) is 19.2. The molecule has 1 heterocycles. The van der Waals surface area contributed by atoms with E-state index in [1.165, 1.54) is 19.2 Å². The van der Waals surface area contributed by atoms with E-state index in [1.54, 1.807) is 30.3 Å². The van der Waals surface area contributed by atoms with Crippen LogP contribution in [0.2, 0.25) is 0 Å². The Hall–Kier alpha value is -3.56. The SMILES string of the molecule is COc1cc(NC(=O)Nc2cc(C(F)(F)F)nn2-c2ccccc2)ccc1F. The summed E-state index contributed by atoms with van der Waals surface area (Å²) in [6.07, 6.45) is -4.68. The average molecular weight is 394 g/mol. The number of ether oxygens (including phenoxy) is 1. The number of anilines is 2. The number of nitrogens with zero attached hydrogens (tertiary/aromatic N) is 2. The first-order valence-electron chi connectivity index (χ1n) is 7.92. The van der Waals surface area contributed by atoms with E-state index in [1.807, 2.05) is 0 Å². The third-order valence-corrected chi connectivity index (χ3v) is 3.65. The fraction of sp³-hybridized carbons (Fsp3) is 0.111. The predicted molar refractivity (Wildman–Crippen MR) is 94.2 cm³/mol. The van der Waals surface area contributed by atoms with Gasteiger partial charge in [-0.2, -0.15) is 18.3 Å². The number of halogens is 4. The van der Waals surface area contributed by atoms with E-state index in [0.29, 0.717) is 5.69 Å². The molecule has 3 aromatic rings. The molecule has 0 spiro atoms. The van der Waals surface area contributed by atoms with Crippen molar-refractivity contribution in [3.8, 4) is 11.4 Å². The highest BCUT2D eigenvalue weighted by atomic mass is 19.4. The molecule has 0 unspecified atom stereocenters. The number of benzene rings is 2. The summed E-state index contributed by atoms with van der Waals surface area (Å²) >= 11 is 0. The Balaban J connectivity index is 1.86. The lowest BCUT2D eigenvalue weighted by atomic mass is 10.3. The normalized spacial score (nSPS) is 11.2. The molecule has 1 aromatic heterocycles. The van der Waals surface area contributed by atoms with Crippen molar-refractivity contribution >= 4 is 17.5 Å². The monoisotopic (exact) mass is 394 g/mol. The maximum absolute atomic E-state index is 13.4. The summed E-state index contributed by atoms with van der Waals surface area (Å²) in [6.45, 7) is 0. The number of carbonyl (C=O) groups is 1. The lowest BCUT2D eigenvalue weighted by Gasteiger charge is -2.11. The lowest BCUT2D eigenvalue weighted by Crippen LogP contribution is -2.21. The quantitative estimate of drug-likeness (QED) is 0.632. The van der Waals surface area contributed by atoms with Crippen molar-refractivity contribution in [3.63, 3.8) is 0 Å². The largest absolute Gasteiger partial charge is 0.494 e. The lowest BCUT2D eigenvalue weighted by molar-refractivity contribution is -0.141. The minimum absolute atomic E-state index is 0.0912. The van der Waals surface area contributed by atoms with Crippen LogP contribution >= 0.6 is 0 Å². The van der Waals surface area contributed by atoms with E-state index in [9.17, 15) is 22.4 Å². The summed E-state index contributed by atoms with van der Waals surface area (Å²) in [5, 5.41) is 8.25. The molecular weight excluding hydrogens is 380 g/mol. The average Bonchev–Trinajstić information content (AvgIpc) is 3.08. The maximum atomic E-state index is 13.4. The molecule has 0 saturated heterocycles. The van der Waals surface area contributed by atoms with E-state index in [2.05, 4.69) is 15.7 Å². The summed E-state index contributed by atoms with van der Waals surface area (Å²) in [7, 11) is 1.26. The molecule has 0 atom stereocenters. The second-order valence-corrected chi connectivity index (χ2v) is 5.59. The van der Waals surface area contributed by atoms with Crippen molar-refractivity contribution < 1.29 is 27.1 Å². The van der Waals surface area contributed by atoms with Crippen molar-refractivity contribution in [1.82, 2.24) is 9.78 Å². The van der Waals surface area contributed by atoms with Gasteiger partial charge in [0.05, 0.1) is 12.8 Å². The standard InChI is InChI=1S/C18H14F4N4O2/c1-28-14-9-11(7-8-13(14)19)23-17(27)24-16-10-15(18(20,21)22)25-26(16)12-5-3-2-4-6-12/h2-10H,1H3,(H2,23,24,27). The van der Waals surface area contributed by atoms with Crippen LogP contribution in [0.15, 0.2) is 54.6 Å². The minimum Gasteiger partial charge on any atom is -0.494 e. The smallest absolute Gasteiger partial charge is 0.435 e. The molecule has 3 rings (SSSR count). The summed E-state index contributed by atoms with van der Waals surface area (Å²) < 4.78 is 58.4. The highest BCUT2D eigenvalue weighted by molar-refractivity contribution is 5.99. The molecule has 0 aliphatic rings. The zero-order valence-electron chi connectivity index (χ0n) is 14.4. The van der Waals surface area contributed by atoms with Crippen LogP contribution in [0.25, 0.3) is 5.69 Å². The van der Waals surface area contributed by atoms with Crippen LogP contribution in [0.1, 0.15) is 5.69 Å². The number of aromatic nitrogens is 2. The number of hydrogen-bond donors (Lipinski definition) is 2. The van der Waals surface area contributed by atoms with Gasteiger partial charge in [-0.1, -0.05) is 18.2 Å². The van der Waals surface area contributed by atoms with Crippen LogP contribution in [-0.2, 0) is 6.18 Å². The summed E-state index contributed by atoms with van der Waals surface area (Å²) in [5.74, 6) is -0.901. The number of carbonyl (C=O) groups excluding carboxylic acids is 1. The number of rotatable bonds is 4. The highest BCUT2D eigenvalue weighted by Gasteiger charge is 2.35. The first-order valence-corrected chi connectivity index (χ1v) is 7.92. The van der Waals surface area contributed by atoms with Gasteiger partial charge in [0, 0.05) is 17.8 Å². The van der Waals surface area contributed by atoms with Crippen molar-refractivity contribution in [3.05, 3.63) is 66.1 Å². The summed E-state index contributed by atoms with van der Waals surface area (Å²) in [6, 6.07) is 11.5. The van der Waals surface area contributed by atoms with Gasteiger partial charge >= 0.3 is 12.2 Å². The van der Waals surface area contributed by atoms with E-state index in [-0.39, 0.29) is 17.3 Å². The van der Waals surface area contributed by atoms with Gasteiger partial charge in [-0.3, -0.25) is 5.32 Å². The van der Waals surface area contributed by atoms with Crippen LogP contribution < -0.4 is 15.4 Å². The molecule has 0 aliphatic heterocycles. The number of urea groups is 1. The molecule has 2 amide bonds. The van der Waals surface area contributed by atoms with Crippen molar-refractivity contribution in [2.75, 3.05) is 17.7 Å². The van der Waals surface area contributed by atoms with Gasteiger partial charge < -0.3 is 10.1 Å². The molecule has 6 nitrogen and oxygen atoms in total. The molecule has 146 valence electrons. The van der Waals surface area contributed by atoms with Gasteiger partial charge in [0.25, 0.3) is 0 Å². The Labute approximate surface area is 156 Å². The molecule has 0 fully saturated rings. The summed E-state index contributed by atoms with van der Waals surface area (Å²) in [5.41, 5.74) is -0.635. The molecule has 0 aliphatic carbocycles. The number of hydrogen-bond acceptors (Lipinski definition) is 3.